The molecule has 4 heteroatoms. The highest BCUT2D eigenvalue weighted by atomic mass is 32.1. The maximum Gasteiger partial charge on any atom is 0.157 e. The highest BCUT2D eigenvalue weighted by molar-refractivity contribution is 7.71. The van der Waals surface area contributed by atoms with Gasteiger partial charge >= 0.3 is 0 Å². The lowest BCUT2D eigenvalue weighted by molar-refractivity contribution is 0.961. The molecule has 0 aromatic carbocycles. The van der Waals surface area contributed by atoms with Gasteiger partial charge in [-0.1, -0.05) is 25.2 Å². The molecule has 0 aliphatic carbocycles. The van der Waals surface area contributed by atoms with Crippen LogP contribution < -0.4 is 0 Å². The molecule has 0 fully saturated rings. The largest absolute Gasteiger partial charge is 0.342 e. The van der Waals surface area contributed by atoms with Crippen LogP contribution in [0.2, 0.25) is 0 Å². The Bertz CT molecular complexity index is 602. The van der Waals surface area contributed by atoms with Crippen molar-refractivity contribution in [3.05, 3.63) is 39.8 Å². The Labute approximate surface area is 106 Å². The topological polar surface area (TPSA) is 41.6 Å². The average Bonchev–Trinajstić information content (AvgIpc) is 2.32. The number of aryl methyl sites for hydroxylation is 2. The third-order valence-electron chi connectivity index (χ3n) is 2.74. The zero-order valence-electron chi connectivity index (χ0n) is 10.2. The van der Waals surface area contributed by atoms with Gasteiger partial charge in [-0.05, 0) is 32.4 Å². The monoisotopic (exact) mass is 245 g/mol. The first-order chi connectivity index (χ1) is 8.11. The van der Waals surface area contributed by atoms with E-state index < -0.39 is 0 Å². The minimum Gasteiger partial charge on any atom is -0.342 e. The third-order valence-corrected chi connectivity index (χ3v) is 3.14. The number of hydrogen-bond donors (Lipinski definition) is 1. The lowest BCUT2D eigenvalue weighted by atomic mass is 10.2. The van der Waals surface area contributed by atoms with Gasteiger partial charge in [-0.2, -0.15) is 0 Å². The first-order valence-corrected chi connectivity index (χ1v) is 6.06. The van der Waals surface area contributed by atoms with Crippen molar-refractivity contribution in [3.63, 3.8) is 0 Å². The first kappa shape index (κ1) is 11.9. The number of aromatic amines is 1. The molecular formula is C13H15N3S. The Morgan fingerprint density at radius 2 is 2.00 bits per heavy atom. The second kappa shape index (κ2) is 4.75. The van der Waals surface area contributed by atoms with Gasteiger partial charge in [-0.3, -0.25) is 0 Å². The molecule has 0 aliphatic rings. The summed E-state index contributed by atoms with van der Waals surface area (Å²) < 4.78 is 0.652. The summed E-state index contributed by atoms with van der Waals surface area (Å²) in [4.78, 5) is 12.1. The van der Waals surface area contributed by atoms with Crippen molar-refractivity contribution in [1.82, 2.24) is 15.0 Å². The molecule has 0 radical (unpaired) electrons. The van der Waals surface area contributed by atoms with Crippen molar-refractivity contribution >= 4 is 12.2 Å². The van der Waals surface area contributed by atoms with E-state index in [-0.39, 0.29) is 0 Å². The van der Waals surface area contributed by atoms with Crippen molar-refractivity contribution in [2.24, 2.45) is 0 Å². The molecule has 0 amide bonds. The van der Waals surface area contributed by atoms with E-state index in [1.54, 1.807) is 0 Å². The van der Waals surface area contributed by atoms with Crippen molar-refractivity contribution in [1.29, 1.82) is 0 Å². The Hall–Kier alpha value is -1.55. The first-order valence-electron chi connectivity index (χ1n) is 5.65. The van der Waals surface area contributed by atoms with Gasteiger partial charge in [0.05, 0.1) is 0 Å². The van der Waals surface area contributed by atoms with E-state index in [1.807, 2.05) is 32.0 Å². The van der Waals surface area contributed by atoms with Gasteiger partial charge in [-0.25, -0.2) is 9.97 Å². The van der Waals surface area contributed by atoms with Gasteiger partial charge in [-0.15, -0.1) is 0 Å². The Morgan fingerprint density at radius 3 is 2.65 bits per heavy atom. The van der Waals surface area contributed by atoms with Gasteiger partial charge in [0.1, 0.15) is 10.3 Å². The van der Waals surface area contributed by atoms with E-state index in [0.717, 1.165) is 34.9 Å². The number of nitrogens with one attached hydrogen (secondary N) is 1. The summed E-state index contributed by atoms with van der Waals surface area (Å²) in [5.74, 6) is 0.751. The molecule has 17 heavy (non-hydrogen) atoms. The van der Waals surface area contributed by atoms with Crippen LogP contribution in [0.5, 0.6) is 0 Å². The Morgan fingerprint density at radius 1 is 1.24 bits per heavy atom. The van der Waals surface area contributed by atoms with Gasteiger partial charge in [0.25, 0.3) is 0 Å². The maximum atomic E-state index is 5.27. The van der Waals surface area contributed by atoms with Crippen molar-refractivity contribution < 1.29 is 0 Å². The highest BCUT2D eigenvalue weighted by Crippen LogP contribution is 2.15. The van der Waals surface area contributed by atoms with Crippen LogP contribution in [-0.4, -0.2) is 15.0 Å². The lowest BCUT2D eigenvalue weighted by Gasteiger charge is -2.07. The fraction of sp³-hybridized carbons (Fsp3) is 0.308. The molecule has 2 aromatic rings. The molecule has 0 saturated heterocycles. The molecule has 0 spiro atoms. The molecule has 0 unspecified atom stereocenters. The summed E-state index contributed by atoms with van der Waals surface area (Å²) in [6.07, 6.45) is 0.914. The Balaban J connectivity index is 2.61. The van der Waals surface area contributed by atoms with Crippen LogP contribution in [0.1, 0.15) is 23.9 Å². The molecule has 2 aromatic heterocycles. The quantitative estimate of drug-likeness (QED) is 0.825. The van der Waals surface area contributed by atoms with Gasteiger partial charge in [0.15, 0.2) is 5.82 Å². The van der Waals surface area contributed by atoms with E-state index in [4.69, 9.17) is 12.2 Å². The van der Waals surface area contributed by atoms with E-state index in [0.29, 0.717) is 4.64 Å². The van der Waals surface area contributed by atoms with E-state index in [1.165, 1.54) is 0 Å². The smallest absolute Gasteiger partial charge is 0.157 e. The minimum atomic E-state index is 0.652. The molecule has 2 heterocycles. The molecular weight excluding hydrogens is 230 g/mol. The molecule has 2 rings (SSSR count). The van der Waals surface area contributed by atoms with Crippen LogP contribution in [0.25, 0.3) is 11.5 Å². The molecule has 0 bridgehead atoms. The van der Waals surface area contributed by atoms with Gasteiger partial charge in [0, 0.05) is 17.0 Å². The Kier molecular flexibility index (Phi) is 3.33. The number of rotatable bonds is 2. The summed E-state index contributed by atoms with van der Waals surface area (Å²) in [5, 5.41) is 0. The number of H-pyrrole nitrogens is 1. The van der Waals surface area contributed by atoms with Crippen LogP contribution in [0, 0.1) is 18.5 Å². The van der Waals surface area contributed by atoms with E-state index >= 15 is 0 Å². The van der Waals surface area contributed by atoms with Crippen LogP contribution in [0.15, 0.2) is 18.2 Å². The van der Waals surface area contributed by atoms with Crippen molar-refractivity contribution in [3.8, 4) is 11.5 Å². The molecule has 0 aliphatic heterocycles. The fourth-order valence-electron chi connectivity index (χ4n) is 1.73. The second-order valence-electron chi connectivity index (χ2n) is 4.01. The van der Waals surface area contributed by atoms with E-state index in [9.17, 15) is 0 Å². The molecule has 88 valence electrons. The van der Waals surface area contributed by atoms with Crippen molar-refractivity contribution in [2.45, 2.75) is 27.2 Å². The van der Waals surface area contributed by atoms with E-state index in [2.05, 4.69) is 21.9 Å². The summed E-state index contributed by atoms with van der Waals surface area (Å²) in [6.45, 7) is 6.06. The predicted molar refractivity (Wildman–Crippen MR) is 71.5 cm³/mol. The van der Waals surface area contributed by atoms with Crippen LogP contribution >= 0.6 is 12.2 Å². The van der Waals surface area contributed by atoms with Crippen LogP contribution in [0.4, 0.5) is 0 Å². The molecule has 1 N–H and O–H groups in total. The standard InChI is InChI=1S/C13H15N3S/c1-4-10-9(3)13(17)16-12(15-10)11-7-5-6-8(2)14-11/h5-7H,4H2,1-3H3,(H,15,16,17). The molecule has 0 saturated carbocycles. The lowest BCUT2D eigenvalue weighted by Crippen LogP contribution is -2.00. The van der Waals surface area contributed by atoms with Crippen LogP contribution in [0.3, 0.4) is 0 Å². The fourth-order valence-corrected chi connectivity index (χ4v) is 1.94. The zero-order valence-corrected chi connectivity index (χ0v) is 11.1. The van der Waals surface area contributed by atoms with Gasteiger partial charge < -0.3 is 4.98 Å². The minimum absolute atomic E-state index is 0.652. The highest BCUT2D eigenvalue weighted by Gasteiger charge is 2.06. The number of hydrogen-bond acceptors (Lipinski definition) is 3. The normalized spacial score (nSPS) is 10.5. The van der Waals surface area contributed by atoms with Crippen LogP contribution in [-0.2, 0) is 6.42 Å². The third kappa shape index (κ3) is 2.42. The summed E-state index contributed by atoms with van der Waals surface area (Å²) in [5.41, 5.74) is 4.00. The number of nitrogens with zero attached hydrogens (tertiary/aromatic N) is 2. The molecule has 3 nitrogen and oxygen atoms in total. The summed E-state index contributed by atoms with van der Waals surface area (Å²) >= 11 is 5.27. The van der Waals surface area contributed by atoms with Crippen molar-refractivity contribution in [2.75, 3.05) is 0 Å². The van der Waals surface area contributed by atoms with Gasteiger partial charge in [0.2, 0.25) is 0 Å². The zero-order chi connectivity index (χ0) is 12.4. The number of pyridine rings is 1. The average molecular weight is 245 g/mol. The summed E-state index contributed by atoms with van der Waals surface area (Å²) in [7, 11) is 0. The second-order valence-corrected chi connectivity index (χ2v) is 4.40. The summed E-state index contributed by atoms with van der Waals surface area (Å²) in [6, 6.07) is 5.88. The molecule has 0 atom stereocenters. The number of aromatic nitrogens is 3. The SMILES string of the molecule is CCc1[nH]c(-c2cccc(C)n2)nc(=S)c1C. The predicted octanol–water partition coefficient (Wildman–Crippen LogP) is 3.38. The maximum absolute atomic E-state index is 5.27.